The van der Waals surface area contributed by atoms with Crippen LogP contribution in [0.15, 0.2) is 78.0 Å². The molecule has 5 N–H and O–H groups in total. The number of oxime groups is 1. The van der Waals surface area contributed by atoms with Gasteiger partial charge in [-0.25, -0.2) is 13.2 Å². The van der Waals surface area contributed by atoms with E-state index in [4.69, 9.17) is 10.9 Å². The molecular weight excluding hydrogens is 507 g/mol. The number of hydrogen-bond acceptors (Lipinski definition) is 4. The van der Waals surface area contributed by atoms with E-state index in [1.807, 2.05) is 13.0 Å². The molecule has 0 bridgehead atoms. The molecule has 0 fully saturated rings. The number of fused-ring (bicyclic) bond motifs is 2. The number of amides is 1. The van der Waals surface area contributed by atoms with Crippen LogP contribution in [0.2, 0.25) is 0 Å². The second kappa shape index (κ2) is 10.3. The van der Waals surface area contributed by atoms with Crippen molar-refractivity contribution in [2.75, 3.05) is 0 Å². The number of amidine groups is 1. The number of aliphatic hydroxyl groups excluding tert-OH is 1. The van der Waals surface area contributed by atoms with Gasteiger partial charge in [0.25, 0.3) is 5.91 Å². The summed E-state index contributed by atoms with van der Waals surface area (Å²) in [7, 11) is 0. The Hall–Kier alpha value is -4.63. The second-order valence-corrected chi connectivity index (χ2v) is 9.41. The average Bonchev–Trinajstić information content (AvgIpc) is 2.94. The van der Waals surface area contributed by atoms with Crippen LogP contribution in [0.1, 0.15) is 62.7 Å². The van der Waals surface area contributed by atoms with Crippen LogP contribution in [0.5, 0.6) is 0 Å². The van der Waals surface area contributed by atoms with Crippen LogP contribution in [0.3, 0.4) is 0 Å². The van der Waals surface area contributed by atoms with Crippen molar-refractivity contribution in [1.29, 1.82) is 0 Å². The van der Waals surface area contributed by atoms with Gasteiger partial charge < -0.3 is 21.4 Å². The van der Waals surface area contributed by atoms with E-state index in [0.29, 0.717) is 16.7 Å². The monoisotopic (exact) mass is 531 g/mol. The van der Waals surface area contributed by atoms with Gasteiger partial charge in [0, 0.05) is 40.8 Å². The van der Waals surface area contributed by atoms with E-state index in [1.54, 1.807) is 30.3 Å². The average molecular weight is 532 g/mol. The fourth-order valence-corrected chi connectivity index (χ4v) is 4.96. The molecule has 9 heteroatoms. The van der Waals surface area contributed by atoms with E-state index in [9.17, 15) is 23.1 Å². The summed E-state index contributed by atoms with van der Waals surface area (Å²) in [5.41, 5.74) is 9.69. The quantitative estimate of drug-likeness (QED) is 0.121. The molecule has 4 aromatic carbocycles. The van der Waals surface area contributed by atoms with E-state index in [1.165, 1.54) is 24.3 Å². The van der Waals surface area contributed by atoms with Gasteiger partial charge in [-0.15, -0.1) is 0 Å². The number of carbonyl (C=O) groups is 1. The summed E-state index contributed by atoms with van der Waals surface area (Å²) in [6.07, 6.45) is -1.08. The minimum atomic E-state index is -1.08. The van der Waals surface area contributed by atoms with Crippen molar-refractivity contribution in [3.8, 4) is 11.1 Å². The number of hydrogen-bond donors (Lipinski definition) is 4. The van der Waals surface area contributed by atoms with Crippen LogP contribution >= 0.6 is 0 Å². The van der Waals surface area contributed by atoms with Gasteiger partial charge in [0.1, 0.15) is 23.6 Å². The zero-order chi connectivity index (χ0) is 27.8. The Morgan fingerprint density at radius 2 is 1.56 bits per heavy atom. The maximum atomic E-state index is 14.4. The minimum absolute atomic E-state index is 0.105. The molecule has 0 saturated heterocycles. The standard InChI is InChI=1S/C30H24F3N3O3/c1-15-21-7-4-16(23-9-6-20(31)13-27(23)33)10-24(21)28(37)25-11-18(5-8-22(15)25)30(38)35-14-19-3-2-17(12-26(19)32)29(34)36-39/h2-13,15,28,37,39H,14H2,1H3,(H2,34,36)(H,35,38)/t15-,28+/m0/s1. The third-order valence-electron chi connectivity index (χ3n) is 7.10. The maximum absolute atomic E-state index is 14.4. The molecule has 0 unspecified atom stereocenters. The number of nitrogens with two attached hydrogens (primary N) is 1. The lowest BCUT2D eigenvalue weighted by atomic mass is 9.76. The number of nitrogens with one attached hydrogen (secondary N) is 1. The first-order chi connectivity index (χ1) is 18.7. The number of halogens is 3. The molecule has 0 heterocycles. The number of benzene rings is 4. The summed E-state index contributed by atoms with van der Waals surface area (Å²) >= 11 is 0. The molecular formula is C30H24F3N3O3. The molecule has 0 spiro atoms. The molecule has 1 aliphatic carbocycles. The predicted octanol–water partition coefficient (Wildman–Crippen LogP) is 5.34. The Morgan fingerprint density at radius 3 is 2.26 bits per heavy atom. The van der Waals surface area contributed by atoms with Crippen molar-refractivity contribution < 1.29 is 28.3 Å². The van der Waals surface area contributed by atoms with E-state index in [0.717, 1.165) is 23.3 Å². The zero-order valence-corrected chi connectivity index (χ0v) is 20.8. The normalized spacial score (nSPS) is 16.4. The second-order valence-electron chi connectivity index (χ2n) is 9.41. The Kier molecular flexibility index (Phi) is 6.84. The SMILES string of the molecule is C[C@@H]1c2ccc(C(=O)NCc3ccc(C(N)=NO)cc3F)cc2[C@H](O)c2cc(-c3ccc(F)cc3F)ccc21. The van der Waals surface area contributed by atoms with Crippen molar-refractivity contribution in [3.05, 3.63) is 129 Å². The lowest BCUT2D eigenvalue weighted by molar-refractivity contribution is 0.0950. The number of aliphatic hydroxyl groups is 1. The van der Waals surface area contributed by atoms with Crippen LogP contribution in [0.25, 0.3) is 11.1 Å². The minimum Gasteiger partial charge on any atom is -0.409 e. The van der Waals surface area contributed by atoms with Crippen molar-refractivity contribution >= 4 is 11.7 Å². The van der Waals surface area contributed by atoms with Gasteiger partial charge >= 0.3 is 0 Å². The van der Waals surface area contributed by atoms with Crippen LogP contribution in [0, 0.1) is 17.5 Å². The predicted molar refractivity (Wildman–Crippen MR) is 140 cm³/mol. The number of carbonyl (C=O) groups excluding carboxylic acids is 1. The number of rotatable bonds is 5. The highest BCUT2D eigenvalue weighted by atomic mass is 19.1. The van der Waals surface area contributed by atoms with Gasteiger partial charge in [-0.05, 0) is 64.2 Å². The van der Waals surface area contributed by atoms with Crippen molar-refractivity contribution in [2.24, 2.45) is 10.9 Å². The van der Waals surface area contributed by atoms with E-state index >= 15 is 0 Å². The Bertz CT molecular complexity index is 1640. The first kappa shape index (κ1) is 26.0. The highest BCUT2D eigenvalue weighted by Gasteiger charge is 2.30. The van der Waals surface area contributed by atoms with Crippen LogP contribution in [-0.4, -0.2) is 22.1 Å². The molecule has 0 radical (unpaired) electrons. The third-order valence-corrected chi connectivity index (χ3v) is 7.10. The molecule has 1 amide bonds. The summed E-state index contributed by atoms with van der Waals surface area (Å²) in [6, 6.07) is 17.6. The first-order valence-corrected chi connectivity index (χ1v) is 12.1. The zero-order valence-electron chi connectivity index (χ0n) is 20.8. The Balaban J connectivity index is 1.39. The van der Waals surface area contributed by atoms with Gasteiger partial charge in [-0.3, -0.25) is 4.79 Å². The fourth-order valence-electron chi connectivity index (χ4n) is 4.96. The summed E-state index contributed by atoms with van der Waals surface area (Å²) in [5, 5.41) is 25.5. The van der Waals surface area contributed by atoms with Gasteiger partial charge in [0.05, 0.1) is 0 Å². The molecule has 2 atom stereocenters. The lowest BCUT2D eigenvalue weighted by Crippen LogP contribution is -2.25. The molecule has 39 heavy (non-hydrogen) atoms. The molecule has 5 rings (SSSR count). The van der Waals surface area contributed by atoms with Crippen LogP contribution in [-0.2, 0) is 6.54 Å². The molecule has 4 aromatic rings. The summed E-state index contributed by atoms with van der Waals surface area (Å²) in [5.74, 6) is -2.82. The van der Waals surface area contributed by atoms with Crippen LogP contribution < -0.4 is 11.1 Å². The molecule has 198 valence electrons. The van der Waals surface area contributed by atoms with Gasteiger partial charge in [0.2, 0.25) is 0 Å². The smallest absolute Gasteiger partial charge is 0.251 e. The van der Waals surface area contributed by atoms with E-state index in [2.05, 4.69) is 10.5 Å². The van der Waals surface area contributed by atoms with Crippen molar-refractivity contribution in [1.82, 2.24) is 5.32 Å². The largest absolute Gasteiger partial charge is 0.409 e. The molecule has 0 aliphatic heterocycles. The van der Waals surface area contributed by atoms with E-state index in [-0.39, 0.29) is 40.6 Å². The van der Waals surface area contributed by atoms with Crippen molar-refractivity contribution in [3.63, 3.8) is 0 Å². The molecule has 6 nitrogen and oxygen atoms in total. The first-order valence-electron chi connectivity index (χ1n) is 12.1. The number of nitrogens with zero attached hydrogens (tertiary/aromatic N) is 1. The molecule has 1 aliphatic rings. The Morgan fingerprint density at radius 1 is 0.872 bits per heavy atom. The summed E-state index contributed by atoms with van der Waals surface area (Å²) in [4.78, 5) is 12.9. The highest BCUT2D eigenvalue weighted by molar-refractivity contribution is 5.97. The Labute approximate surface area is 222 Å². The molecule has 0 saturated carbocycles. The van der Waals surface area contributed by atoms with Crippen LogP contribution in [0.4, 0.5) is 13.2 Å². The maximum Gasteiger partial charge on any atom is 0.251 e. The van der Waals surface area contributed by atoms with Gasteiger partial charge in [-0.2, -0.15) is 0 Å². The fraction of sp³-hybridized carbons (Fsp3) is 0.133. The lowest BCUT2D eigenvalue weighted by Gasteiger charge is -2.30. The van der Waals surface area contributed by atoms with Crippen molar-refractivity contribution in [2.45, 2.75) is 25.5 Å². The van der Waals surface area contributed by atoms with Gasteiger partial charge in [-0.1, -0.05) is 42.4 Å². The molecule has 0 aromatic heterocycles. The van der Waals surface area contributed by atoms with Gasteiger partial charge in [0.15, 0.2) is 5.84 Å². The summed E-state index contributed by atoms with van der Waals surface area (Å²) < 4.78 is 42.3. The topological polar surface area (TPSA) is 108 Å². The summed E-state index contributed by atoms with van der Waals surface area (Å²) in [6.45, 7) is 1.87. The van der Waals surface area contributed by atoms with E-state index < -0.39 is 29.5 Å². The third kappa shape index (κ3) is 4.84. The highest BCUT2D eigenvalue weighted by Crippen LogP contribution is 2.43.